The first-order valence-corrected chi connectivity index (χ1v) is 17.0. The molecule has 4 nitrogen and oxygen atoms in total. The SMILES string of the molecule is CC(C)(C)c1cc(N(c2[c-]c(-c3cc(C(C)(C)C)ccc3O)ccc2)c2cccc(-c3cc(C(C)(C)C)ccn3)n2)cc(C(C)(C)C)c1.[Pt]. The molecule has 0 amide bonds. The molecule has 0 aliphatic rings. The first-order chi connectivity index (χ1) is 22.2. The summed E-state index contributed by atoms with van der Waals surface area (Å²) in [6.07, 6.45) is 1.87. The Morgan fingerprint density at radius 3 is 1.73 bits per heavy atom. The van der Waals surface area contributed by atoms with Gasteiger partial charge in [-0.25, -0.2) is 4.98 Å². The van der Waals surface area contributed by atoms with Crippen molar-refractivity contribution < 1.29 is 26.2 Å². The molecule has 0 fully saturated rings. The predicted molar refractivity (Wildman–Crippen MR) is 203 cm³/mol. The molecule has 260 valence electrons. The van der Waals surface area contributed by atoms with Gasteiger partial charge in [0.25, 0.3) is 0 Å². The molecule has 1 N–H and O–H groups in total. The van der Waals surface area contributed by atoms with Gasteiger partial charge in [-0.15, -0.1) is 29.8 Å². The van der Waals surface area contributed by atoms with Crippen molar-refractivity contribution in [1.82, 2.24) is 9.97 Å². The second-order valence-corrected chi connectivity index (χ2v) is 17.1. The van der Waals surface area contributed by atoms with Gasteiger partial charge in [0.15, 0.2) is 0 Å². The van der Waals surface area contributed by atoms with Gasteiger partial charge in [-0.05, 0) is 86.5 Å². The number of nitrogens with zero attached hydrogens (tertiary/aromatic N) is 3. The maximum absolute atomic E-state index is 11.1. The quantitative estimate of drug-likeness (QED) is 0.179. The van der Waals surface area contributed by atoms with E-state index in [0.29, 0.717) is 0 Å². The van der Waals surface area contributed by atoms with Crippen molar-refractivity contribution in [2.75, 3.05) is 4.90 Å². The number of aromatic hydroxyl groups is 1. The molecular weight excluding hydrogens is 782 g/mol. The van der Waals surface area contributed by atoms with E-state index >= 15 is 0 Å². The molecule has 5 rings (SSSR count). The van der Waals surface area contributed by atoms with E-state index in [2.05, 4.69) is 149 Å². The van der Waals surface area contributed by atoms with E-state index < -0.39 is 0 Å². The zero-order valence-electron chi connectivity index (χ0n) is 31.3. The predicted octanol–water partition coefficient (Wildman–Crippen LogP) is 12.0. The summed E-state index contributed by atoms with van der Waals surface area (Å²) < 4.78 is 0. The zero-order valence-corrected chi connectivity index (χ0v) is 33.5. The molecule has 0 saturated heterocycles. The van der Waals surface area contributed by atoms with Crippen LogP contribution < -0.4 is 4.90 Å². The topological polar surface area (TPSA) is 49.2 Å². The molecule has 0 saturated carbocycles. The van der Waals surface area contributed by atoms with Crippen LogP contribution in [0.4, 0.5) is 17.2 Å². The van der Waals surface area contributed by atoms with Crippen LogP contribution in [0.5, 0.6) is 5.75 Å². The van der Waals surface area contributed by atoms with Crippen molar-refractivity contribution in [1.29, 1.82) is 0 Å². The Morgan fingerprint density at radius 1 is 0.571 bits per heavy atom. The average Bonchev–Trinajstić information content (AvgIpc) is 3.00. The molecule has 0 bridgehead atoms. The van der Waals surface area contributed by atoms with Gasteiger partial charge in [-0.3, -0.25) is 4.98 Å². The van der Waals surface area contributed by atoms with Crippen LogP contribution in [0, 0.1) is 6.07 Å². The van der Waals surface area contributed by atoms with Gasteiger partial charge < -0.3 is 10.0 Å². The maximum atomic E-state index is 11.1. The van der Waals surface area contributed by atoms with Crippen LogP contribution in [0.25, 0.3) is 22.5 Å². The van der Waals surface area contributed by atoms with Gasteiger partial charge in [0, 0.05) is 32.9 Å². The number of phenolic OH excluding ortho intramolecular Hbond substituents is 1. The van der Waals surface area contributed by atoms with E-state index in [4.69, 9.17) is 9.97 Å². The molecule has 0 unspecified atom stereocenters. The van der Waals surface area contributed by atoms with Crippen molar-refractivity contribution in [2.24, 2.45) is 0 Å². The van der Waals surface area contributed by atoms with Gasteiger partial charge >= 0.3 is 0 Å². The van der Waals surface area contributed by atoms with E-state index in [0.717, 1.165) is 45.3 Å². The normalized spacial score (nSPS) is 12.4. The van der Waals surface area contributed by atoms with Crippen LogP contribution in [0.15, 0.2) is 91.1 Å². The number of benzene rings is 3. The molecular formula is C44H52N3OPt-. The van der Waals surface area contributed by atoms with E-state index in [-0.39, 0.29) is 48.5 Å². The molecule has 3 aromatic carbocycles. The Bertz CT molecular complexity index is 1900. The fraction of sp³-hybridized carbons (Fsp3) is 0.364. The fourth-order valence-electron chi connectivity index (χ4n) is 5.69. The summed E-state index contributed by atoms with van der Waals surface area (Å²) in [5.74, 6) is 1.00. The van der Waals surface area contributed by atoms with Gasteiger partial charge in [0.2, 0.25) is 0 Å². The summed E-state index contributed by atoms with van der Waals surface area (Å²) in [5, 5.41) is 11.1. The summed E-state index contributed by atoms with van der Waals surface area (Å²) in [6.45, 7) is 26.7. The molecule has 0 aliphatic carbocycles. The number of rotatable bonds is 5. The Kier molecular flexibility index (Phi) is 10.8. The first kappa shape index (κ1) is 38.1. The van der Waals surface area contributed by atoms with Gasteiger partial charge in [0.05, 0.1) is 17.1 Å². The largest absolute Gasteiger partial charge is 0.517 e. The standard InChI is InChI=1S/C44H52N3O.Pt/c1-41(2,3)30-19-20-39(48)36(27-30)29-15-13-16-34(23-29)47(35-25-32(43(7,8)9)24-33(26-35)44(10,11)12)40-18-14-17-37(46-40)38-28-31(21-22-45-38)42(4,5)6;/h13-22,24-28,48H,1-12H3;/q-1;. The number of anilines is 3. The summed E-state index contributed by atoms with van der Waals surface area (Å²) in [6, 6.07) is 32.9. The second-order valence-electron chi connectivity index (χ2n) is 17.1. The molecule has 2 heterocycles. The Balaban J connectivity index is 0.00000541. The summed E-state index contributed by atoms with van der Waals surface area (Å²) >= 11 is 0. The summed E-state index contributed by atoms with van der Waals surface area (Å²) in [5.41, 5.74) is 9.70. The minimum atomic E-state index is -0.0704. The van der Waals surface area contributed by atoms with Crippen molar-refractivity contribution in [2.45, 2.75) is 105 Å². The Morgan fingerprint density at radius 2 is 1.14 bits per heavy atom. The van der Waals surface area contributed by atoms with Crippen LogP contribution in [-0.2, 0) is 42.7 Å². The van der Waals surface area contributed by atoms with Crippen molar-refractivity contribution in [3.63, 3.8) is 0 Å². The molecule has 2 aromatic heterocycles. The fourth-order valence-corrected chi connectivity index (χ4v) is 5.69. The van der Waals surface area contributed by atoms with Crippen LogP contribution in [0.1, 0.15) is 105 Å². The van der Waals surface area contributed by atoms with E-state index in [9.17, 15) is 5.11 Å². The third kappa shape index (κ3) is 8.71. The number of pyridine rings is 2. The van der Waals surface area contributed by atoms with Gasteiger partial charge in [0.1, 0.15) is 5.82 Å². The van der Waals surface area contributed by atoms with Gasteiger partial charge in [-0.1, -0.05) is 118 Å². The van der Waals surface area contributed by atoms with Crippen molar-refractivity contribution in [3.8, 4) is 28.3 Å². The summed E-state index contributed by atoms with van der Waals surface area (Å²) in [7, 11) is 0. The number of phenols is 1. The van der Waals surface area contributed by atoms with E-state index in [1.807, 2.05) is 30.5 Å². The van der Waals surface area contributed by atoms with Gasteiger partial charge in [-0.2, -0.15) is 0 Å². The third-order valence-corrected chi connectivity index (χ3v) is 8.93. The van der Waals surface area contributed by atoms with E-state index in [1.165, 1.54) is 16.7 Å². The van der Waals surface area contributed by atoms with Crippen LogP contribution in [0.3, 0.4) is 0 Å². The van der Waals surface area contributed by atoms with Crippen molar-refractivity contribution in [3.05, 3.63) is 119 Å². The molecule has 0 spiro atoms. The first-order valence-electron chi connectivity index (χ1n) is 17.0. The number of hydrogen-bond donors (Lipinski definition) is 1. The molecule has 0 radical (unpaired) electrons. The maximum Gasteiger partial charge on any atom is 0.136 e. The second kappa shape index (κ2) is 13.9. The minimum Gasteiger partial charge on any atom is -0.517 e. The monoisotopic (exact) mass is 833 g/mol. The number of hydrogen-bond acceptors (Lipinski definition) is 4. The zero-order chi connectivity index (χ0) is 35.2. The Labute approximate surface area is 309 Å². The Hall–Kier alpha value is -3.75. The minimum absolute atomic E-state index is 0. The summed E-state index contributed by atoms with van der Waals surface area (Å²) in [4.78, 5) is 12.2. The third-order valence-electron chi connectivity index (χ3n) is 8.93. The molecule has 0 aliphatic heterocycles. The molecule has 0 atom stereocenters. The average molecular weight is 834 g/mol. The van der Waals surface area contributed by atoms with Crippen LogP contribution >= 0.6 is 0 Å². The number of aromatic nitrogens is 2. The van der Waals surface area contributed by atoms with Crippen molar-refractivity contribution >= 4 is 17.2 Å². The molecule has 49 heavy (non-hydrogen) atoms. The molecule has 5 heteroatoms. The molecule has 5 aromatic rings. The van der Waals surface area contributed by atoms with E-state index in [1.54, 1.807) is 6.07 Å². The smallest absolute Gasteiger partial charge is 0.136 e. The van der Waals surface area contributed by atoms with Crippen LogP contribution in [0.2, 0.25) is 0 Å². The van der Waals surface area contributed by atoms with Crippen LogP contribution in [-0.4, -0.2) is 15.1 Å².